The smallest absolute Gasteiger partial charge is 0.222 e. The molecule has 1 unspecified atom stereocenters. The molecule has 7 heteroatoms. The Balaban J connectivity index is 1.57. The Labute approximate surface area is 225 Å². The van der Waals surface area contributed by atoms with Crippen molar-refractivity contribution in [2.45, 2.75) is 71.5 Å². The summed E-state index contributed by atoms with van der Waals surface area (Å²) in [4.78, 5) is 9.30. The van der Waals surface area contributed by atoms with Crippen molar-refractivity contribution in [3.63, 3.8) is 0 Å². The molecule has 5 rings (SSSR count). The number of nitrogens with two attached hydrogens (primary N) is 1. The van der Waals surface area contributed by atoms with Crippen molar-refractivity contribution in [3.05, 3.63) is 59.7 Å². The van der Waals surface area contributed by atoms with Crippen LogP contribution in [0.1, 0.15) is 64.0 Å². The number of benzene rings is 2. The molecule has 0 spiro atoms. The van der Waals surface area contributed by atoms with Crippen molar-refractivity contribution >= 4 is 39.3 Å². The van der Waals surface area contributed by atoms with Crippen molar-refractivity contribution in [2.24, 2.45) is 0 Å². The summed E-state index contributed by atoms with van der Waals surface area (Å²) in [5.41, 5.74) is 12.9. The number of anilines is 2. The lowest BCUT2D eigenvalue weighted by Gasteiger charge is -2.25. The molecule has 0 saturated carbocycles. The first-order chi connectivity index (χ1) is 18.5. The van der Waals surface area contributed by atoms with E-state index in [2.05, 4.69) is 88.4 Å². The minimum absolute atomic E-state index is 0.286. The van der Waals surface area contributed by atoms with E-state index >= 15 is 0 Å². The largest absolute Gasteiger partial charge is 0.496 e. The number of fused-ring (bicyclic) bond motifs is 3. The van der Waals surface area contributed by atoms with Gasteiger partial charge in [0.25, 0.3) is 0 Å². The van der Waals surface area contributed by atoms with E-state index in [1.807, 2.05) is 6.07 Å². The molecule has 2 aromatic carbocycles. The molecule has 2 heterocycles. The molecule has 0 fully saturated rings. The normalized spacial score (nSPS) is 15.8. The second-order valence-corrected chi connectivity index (χ2v) is 10.6. The van der Waals surface area contributed by atoms with Crippen LogP contribution < -0.4 is 21.1 Å². The molecule has 4 N–H and O–H groups in total. The van der Waals surface area contributed by atoms with E-state index in [-0.39, 0.29) is 5.95 Å². The summed E-state index contributed by atoms with van der Waals surface area (Å²) in [5.74, 6) is 1.95. The van der Waals surface area contributed by atoms with Crippen molar-refractivity contribution in [3.8, 4) is 5.75 Å². The molecule has 0 amide bonds. The van der Waals surface area contributed by atoms with Gasteiger partial charge in [0.15, 0.2) is 5.82 Å². The van der Waals surface area contributed by atoms with Gasteiger partial charge in [0.05, 0.1) is 19.2 Å². The summed E-state index contributed by atoms with van der Waals surface area (Å²) in [6.45, 7) is 8.09. The Morgan fingerprint density at radius 1 is 1.16 bits per heavy atom. The predicted octanol–water partition coefficient (Wildman–Crippen LogP) is 6.37. The third-order valence-corrected chi connectivity index (χ3v) is 7.40. The number of methoxy groups -OCH3 is 1. The molecule has 0 aliphatic heterocycles. The maximum absolute atomic E-state index is 6.16. The highest BCUT2D eigenvalue weighted by atomic mass is 16.5. The molecule has 0 saturated heterocycles. The van der Waals surface area contributed by atoms with Crippen LogP contribution in [0, 0.1) is 0 Å². The highest BCUT2D eigenvalue weighted by molar-refractivity contribution is 6.09. The summed E-state index contributed by atoms with van der Waals surface area (Å²) in [6.07, 6.45) is 7.86. The summed E-state index contributed by atoms with van der Waals surface area (Å²) < 4.78 is 8.14. The minimum Gasteiger partial charge on any atom is -0.496 e. The van der Waals surface area contributed by atoms with Gasteiger partial charge in [0.2, 0.25) is 5.95 Å². The van der Waals surface area contributed by atoms with E-state index < -0.39 is 0 Å². The molecule has 1 atom stereocenters. The third-order valence-electron chi connectivity index (χ3n) is 7.40. The summed E-state index contributed by atoms with van der Waals surface area (Å²) >= 11 is 0. The van der Waals surface area contributed by atoms with Gasteiger partial charge >= 0.3 is 0 Å². The topological polar surface area (TPSA) is 90.0 Å². The van der Waals surface area contributed by atoms with Crippen molar-refractivity contribution < 1.29 is 4.74 Å². The van der Waals surface area contributed by atoms with Crippen LogP contribution in [0.15, 0.2) is 48.5 Å². The van der Waals surface area contributed by atoms with Gasteiger partial charge in [0.1, 0.15) is 16.8 Å². The van der Waals surface area contributed by atoms with Crippen molar-refractivity contribution in [1.82, 2.24) is 19.9 Å². The van der Waals surface area contributed by atoms with E-state index in [4.69, 9.17) is 10.5 Å². The van der Waals surface area contributed by atoms with Gasteiger partial charge in [-0.25, -0.2) is 4.98 Å². The number of aromatic nitrogens is 3. The van der Waals surface area contributed by atoms with Crippen LogP contribution in [-0.2, 0) is 6.54 Å². The van der Waals surface area contributed by atoms with E-state index in [0.717, 1.165) is 77.7 Å². The van der Waals surface area contributed by atoms with Gasteiger partial charge in [-0.3, -0.25) is 0 Å². The van der Waals surface area contributed by atoms with Crippen molar-refractivity contribution in [2.75, 3.05) is 24.7 Å². The van der Waals surface area contributed by atoms with Crippen LogP contribution in [0.3, 0.4) is 0 Å². The number of rotatable bonds is 10. The number of para-hydroxylation sites is 1. The fraction of sp³-hybridized carbons (Fsp3) is 0.419. The SMILES string of the molecule is CCCCNc1nc(N)nc2c3ccccc3n(Cc3cc(C4=CCC(NC(C)C)CC4)ccc3OC)c12. The maximum Gasteiger partial charge on any atom is 0.222 e. The Hall–Kier alpha value is -3.58. The van der Waals surface area contributed by atoms with Gasteiger partial charge in [0, 0.05) is 29.6 Å². The molecular formula is C31H40N6O. The first-order valence-corrected chi connectivity index (χ1v) is 13.9. The lowest BCUT2D eigenvalue weighted by atomic mass is 9.89. The average Bonchev–Trinajstić information content (AvgIpc) is 3.22. The quantitative estimate of drug-likeness (QED) is 0.214. The molecule has 4 aromatic rings. The summed E-state index contributed by atoms with van der Waals surface area (Å²) in [7, 11) is 1.74. The number of hydrogen-bond acceptors (Lipinski definition) is 6. The molecule has 1 aliphatic rings. The molecule has 2 aromatic heterocycles. The fourth-order valence-corrected chi connectivity index (χ4v) is 5.61. The fourth-order valence-electron chi connectivity index (χ4n) is 5.61. The van der Waals surface area contributed by atoms with Gasteiger partial charge in [-0.05, 0) is 55.0 Å². The van der Waals surface area contributed by atoms with Gasteiger partial charge in [-0.2, -0.15) is 4.98 Å². The van der Waals surface area contributed by atoms with E-state index in [9.17, 15) is 0 Å². The molecule has 200 valence electrons. The van der Waals surface area contributed by atoms with Gasteiger partial charge < -0.3 is 25.7 Å². The number of allylic oxidation sites excluding steroid dienone is 1. The first-order valence-electron chi connectivity index (χ1n) is 13.9. The van der Waals surface area contributed by atoms with E-state index in [1.54, 1.807) is 7.11 Å². The highest BCUT2D eigenvalue weighted by Crippen LogP contribution is 2.35. The lowest BCUT2D eigenvalue weighted by Crippen LogP contribution is -2.35. The van der Waals surface area contributed by atoms with Crippen molar-refractivity contribution in [1.29, 1.82) is 0 Å². The van der Waals surface area contributed by atoms with Gasteiger partial charge in [-0.15, -0.1) is 0 Å². The molecule has 1 aliphatic carbocycles. The maximum atomic E-state index is 6.16. The van der Waals surface area contributed by atoms with Crippen LogP contribution >= 0.6 is 0 Å². The Morgan fingerprint density at radius 3 is 2.74 bits per heavy atom. The molecule has 0 radical (unpaired) electrons. The Kier molecular flexibility index (Phi) is 7.84. The molecule has 38 heavy (non-hydrogen) atoms. The number of ether oxygens (including phenoxy) is 1. The van der Waals surface area contributed by atoms with Crippen LogP contribution in [-0.4, -0.2) is 40.3 Å². The predicted molar refractivity (Wildman–Crippen MR) is 159 cm³/mol. The monoisotopic (exact) mass is 512 g/mol. The molecular weight excluding hydrogens is 472 g/mol. The third kappa shape index (κ3) is 5.34. The molecule has 0 bridgehead atoms. The lowest BCUT2D eigenvalue weighted by molar-refractivity contribution is 0.408. The zero-order valence-electron chi connectivity index (χ0n) is 23.1. The minimum atomic E-state index is 0.286. The first kappa shape index (κ1) is 26.0. The number of unbranched alkanes of at least 4 members (excludes halogenated alkanes) is 1. The van der Waals surface area contributed by atoms with Crippen LogP contribution in [0.4, 0.5) is 11.8 Å². The number of nitrogens with zero attached hydrogens (tertiary/aromatic N) is 3. The van der Waals surface area contributed by atoms with Crippen LogP contribution in [0.2, 0.25) is 0 Å². The average molecular weight is 513 g/mol. The second-order valence-electron chi connectivity index (χ2n) is 10.6. The number of hydrogen-bond donors (Lipinski definition) is 3. The molecule has 7 nitrogen and oxygen atoms in total. The standard InChI is InChI=1S/C31H40N6O/c1-5-6-17-33-30-29-28(35-31(32)36-30)25-9-7-8-10-26(25)37(29)19-23-18-22(13-16-27(23)38-4)21-11-14-24(15-12-21)34-20(2)3/h7-11,13,16,18,20,24,34H,5-6,12,14-15,17,19H2,1-4H3,(H3,32,33,35,36). The Morgan fingerprint density at radius 2 is 2.00 bits per heavy atom. The zero-order valence-corrected chi connectivity index (χ0v) is 23.1. The summed E-state index contributed by atoms with van der Waals surface area (Å²) in [6, 6.07) is 16.0. The number of nitrogen functional groups attached to an aromatic ring is 1. The van der Waals surface area contributed by atoms with E-state index in [1.165, 1.54) is 11.1 Å². The van der Waals surface area contributed by atoms with E-state index in [0.29, 0.717) is 18.6 Å². The number of nitrogens with one attached hydrogen (secondary N) is 2. The summed E-state index contributed by atoms with van der Waals surface area (Å²) in [5, 5.41) is 8.28. The van der Waals surface area contributed by atoms with Crippen LogP contribution in [0.25, 0.3) is 27.5 Å². The second kappa shape index (κ2) is 11.4. The van der Waals surface area contributed by atoms with Gasteiger partial charge in [-0.1, -0.05) is 57.5 Å². The zero-order chi connectivity index (χ0) is 26.6. The highest BCUT2D eigenvalue weighted by Gasteiger charge is 2.20. The Bertz CT molecular complexity index is 1450. The van der Waals surface area contributed by atoms with Crippen LogP contribution in [0.5, 0.6) is 5.75 Å².